The zero-order valence-electron chi connectivity index (χ0n) is 12.7. The summed E-state index contributed by atoms with van der Waals surface area (Å²) in [7, 11) is 6.72. The summed E-state index contributed by atoms with van der Waals surface area (Å²) >= 11 is 0. The minimum absolute atomic E-state index is 0.667. The fraction of sp³-hybridized carbons (Fsp3) is 1.00. The van der Waals surface area contributed by atoms with Crippen molar-refractivity contribution in [2.45, 2.75) is 44.7 Å². The van der Waals surface area contributed by atoms with E-state index in [4.69, 9.17) is 0 Å². The van der Waals surface area contributed by atoms with Gasteiger partial charge in [0.15, 0.2) is 0 Å². The standard InChI is InChI=1S/C15H31N3/c1-12-6-5-7-13(10-12)15(16-2)14-11-17(3)8-9-18(14)4/h12-16H,5-11H2,1-4H3. The summed E-state index contributed by atoms with van der Waals surface area (Å²) in [5.74, 6) is 1.80. The second kappa shape index (κ2) is 6.36. The lowest BCUT2D eigenvalue weighted by molar-refractivity contribution is 0.0598. The Bertz CT molecular complexity index is 256. The highest BCUT2D eigenvalue weighted by Crippen LogP contribution is 2.33. The van der Waals surface area contributed by atoms with Crippen molar-refractivity contribution in [2.24, 2.45) is 11.8 Å². The van der Waals surface area contributed by atoms with Crippen LogP contribution in [0, 0.1) is 11.8 Å². The van der Waals surface area contributed by atoms with Crippen LogP contribution in [0.5, 0.6) is 0 Å². The third-order valence-electron chi connectivity index (χ3n) is 5.13. The van der Waals surface area contributed by atoms with E-state index in [1.54, 1.807) is 0 Å². The van der Waals surface area contributed by atoms with Gasteiger partial charge in [-0.3, -0.25) is 4.90 Å². The van der Waals surface area contributed by atoms with Gasteiger partial charge in [0.05, 0.1) is 0 Å². The van der Waals surface area contributed by atoms with Gasteiger partial charge in [0, 0.05) is 31.7 Å². The van der Waals surface area contributed by atoms with Gasteiger partial charge in [-0.25, -0.2) is 0 Å². The molecule has 3 heteroatoms. The zero-order valence-corrected chi connectivity index (χ0v) is 12.7. The molecule has 1 heterocycles. The Morgan fingerprint density at radius 3 is 2.61 bits per heavy atom. The fourth-order valence-corrected chi connectivity index (χ4v) is 3.98. The van der Waals surface area contributed by atoms with Crippen molar-refractivity contribution in [3.05, 3.63) is 0 Å². The summed E-state index contributed by atoms with van der Waals surface area (Å²) in [4.78, 5) is 5.06. The van der Waals surface area contributed by atoms with Gasteiger partial charge in [-0.2, -0.15) is 0 Å². The molecule has 0 aromatic heterocycles. The van der Waals surface area contributed by atoms with Crippen LogP contribution in [0.2, 0.25) is 0 Å². The number of nitrogens with one attached hydrogen (secondary N) is 1. The summed E-state index contributed by atoms with van der Waals surface area (Å²) in [5, 5.41) is 3.64. The van der Waals surface area contributed by atoms with Crippen molar-refractivity contribution in [3.8, 4) is 0 Å². The van der Waals surface area contributed by atoms with Crippen LogP contribution in [0.1, 0.15) is 32.6 Å². The Hall–Kier alpha value is -0.120. The lowest BCUT2D eigenvalue weighted by Crippen LogP contribution is -2.60. The highest BCUT2D eigenvalue weighted by molar-refractivity contribution is 4.93. The van der Waals surface area contributed by atoms with Gasteiger partial charge >= 0.3 is 0 Å². The Balaban J connectivity index is 2.01. The van der Waals surface area contributed by atoms with Crippen LogP contribution in [-0.4, -0.2) is 62.7 Å². The molecular weight excluding hydrogens is 222 g/mol. The van der Waals surface area contributed by atoms with Gasteiger partial charge < -0.3 is 10.2 Å². The van der Waals surface area contributed by atoms with Crippen molar-refractivity contribution >= 4 is 0 Å². The van der Waals surface area contributed by atoms with Gasteiger partial charge in [-0.1, -0.05) is 19.8 Å². The molecule has 0 spiro atoms. The molecule has 0 radical (unpaired) electrons. The average molecular weight is 253 g/mol. The SMILES string of the molecule is CNC(C1CCCC(C)C1)C1CN(C)CCN1C. The molecule has 2 aliphatic rings. The van der Waals surface area contributed by atoms with E-state index in [9.17, 15) is 0 Å². The highest BCUT2D eigenvalue weighted by Gasteiger charge is 2.35. The molecule has 1 saturated carbocycles. The summed E-state index contributed by atoms with van der Waals surface area (Å²) in [5.41, 5.74) is 0. The maximum atomic E-state index is 3.64. The van der Waals surface area contributed by atoms with Gasteiger partial charge in [-0.15, -0.1) is 0 Å². The molecule has 2 rings (SSSR count). The van der Waals surface area contributed by atoms with Crippen LogP contribution in [0.25, 0.3) is 0 Å². The first-order valence-electron chi connectivity index (χ1n) is 7.68. The Labute approximate surface area is 113 Å². The lowest BCUT2D eigenvalue weighted by Gasteiger charge is -2.45. The topological polar surface area (TPSA) is 18.5 Å². The van der Waals surface area contributed by atoms with E-state index >= 15 is 0 Å². The summed E-state index contributed by atoms with van der Waals surface area (Å²) in [6.45, 7) is 6.06. The molecule has 3 nitrogen and oxygen atoms in total. The van der Waals surface area contributed by atoms with E-state index in [1.165, 1.54) is 45.3 Å². The molecule has 0 bridgehead atoms. The van der Waals surface area contributed by atoms with Crippen molar-refractivity contribution in [3.63, 3.8) is 0 Å². The molecule has 106 valence electrons. The number of hydrogen-bond donors (Lipinski definition) is 1. The number of rotatable bonds is 3. The van der Waals surface area contributed by atoms with Crippen molar-refractivity contribution < 1.29 is 0 Å². The van der Waals surface area contributed by atoms with E-state index in [0.29, 0.717) is 12.1 Å². The van der Waals surface area contributed by atoms with E-state index in [-0.39, 0.29) is 0 Å². The third kappa shape index (κ3) is 3.25. The van der Waals surface area contributed by atoms with Crippen LogP contribution >= 0.6 is 0 Å². The van der Waals surface area contributed by atoms with E-state index < -0.39 is 0 Å². The highest BCUT2D eigenvalue weighted by atomic mass is 15.3. The summed E-state index contributed by atoms with van der Waals surface area (Å²) in [6, 6.07) is 1.35. The second-order valence-corrected chi connectivity index (χ2v) is 6.66. The molecule has 0 aromatic carbocycles. The van der Waals surface area contributed by atoms with Crippen LogP contribution in [-0.2, 0) is 0 Å². The number of hydrogen-bond acceptors (Lipinski definition) is 3. The van der Waals surface area contributed by atoms with Crippen LogP contribution < -0.4 is 5.32 Å². The van der Waals surface area contributed by atoms with Crippen LogP contribution in [0.15, 0.2) is 0 Å². The largest absolute Gasteiger partial charge is 0.315 e. The van der Waals surface area contributed by atoms with E-state index in [2.05, 4.69) is 43.2 Å². The van der Waals surface area contributed by atoms with Crippen molar-refractivity contribution in [2.75, 3.05) is 40.8 Å². The van der Waals surface area contributed by atoms with Crippen molar-refractivity contribution in [1.82, 2.24) is 15.1 Å². The normalized spacial score (nSPS) is 37.7. The first kappa shape index (κ1) is 14.3. The maximum Gasteiger partial charge on any atom is 0.0376 e. The monoisotopic (exact) mass is 253 g/mol. The van der Waals surface area contributed by atoms with Gasteiger partial charge in [0.1, 0.15) is 0 Å². The quantitative estimate of drug-likeness (QED) is 0.825. The number of nitrogens with zero attached hydrogens (tertiary/aromatic N) is 2. The molecule has 4 atom stereocenters. The molecule has 1 aliphatic heterocycles. The average Bonchev–Trinajstić information content (AvgIpc) is 2.35. The molecule has 2 fully saturated rings. The van der Waals surface area contributed by atoms with E-state index in [0.717, 1.165) is 11.8 Å². The zero-order chi connectivity index (χ0) is 13.1. The maximum absolute atomic E-state index is 3.64. The van der Waals surface area contributed by atoms with Gasteiger partial charge in [-0.05, 0) is 45.8 Å². The molecule has 4 unspecified atom stereocenters. The summed E-state index contributed by atoms with van der Waals surface area (Å²) in [6.07, 6.45) is 5.70. The number of likely N-dealkylation sites (N-methyl/N-ethyl adjacent to an activating group) is 3. The Kier molecular flexibility index (Phi) is 5.05. The van der Waals surface area contributed by atoms with Gasteiger partial charge in [0.25, 0.3) is 0 Å². The first-order chi connectivity index (χ1) is 8.61. The van der Waals surface area contributed by atoms with Crippen LogP contribution in [0.4, 0.5) is 0 Å². The first-order valence-corrected chi connectivity index (χ1v) is 7.68. The smallest absolute Gasteiger partial charge is 0.0376 e. The van der Waals surface area contributed by atoms with Gasteiger partial charge in [0.2, 0.25) is 0 Å². The predicted octanol–water partition coefficient (Wildman–Crippen LogP) is 1.65. The minimum Gasteiger partial charge on any atom is -0.315 e. The summed E-state index contributed by atoms with van der Waals surface area (Å²) < 4.78 is 0. The molecule has 1 saturated heterocycles. The molecule has 18 heavy (non-hydrogen) atoms. The fourth-order valence-electron chi connectivity index (χ4n) is 3.98. The number of piperazine rings is 1. The van der Waals surface area contributed by atoms with Crippen molar-refractivity contribution in [1.29, 1.82) is 0 Å². The molecule has 1 aliphatic carbocycles. The Morgan fingerprint density at radius 1 is 1.17 bits per heavy atom. The third-order valence-corrected chi connectivity index (χ3v) is 5.13. The lowest BCUT2D eigenvalue weighted by atomic mass is 9.76. The molecule has 0 aromatic rings. The van der Waals surface area contributed by atoms with Crippen LogP contribution in [0.3, 0.4) is 0 Å². The van der Waals surface area contributed by atoms with E-state index in [1.807, 2.05) is 0 Å². The predicted molar refractivity (Wildman–Crippen MR) is 77.9 cm³/mol. The Morgan fingerprint density at radius 2 is 1.94 bits per heavy atom. The minimum atomic E-state index is 0.667. The molecule has 1 N–H and O–H groups in total. The molecule has 0 amide bonds. The second-order valence-electron chi connectivity index (χ2n) is 6.66. The molecular formula is C15H31N3.